The molecule has 3 unspecified atom stereocenters. The maximum absolute atomic E-state index is 6.01. The second kappa shape index (κ2) is 7.08. The van der Waals surface area contributed by atoms with Gasteiger partial charge in [0, 0.05) is 0 Å². The molecule has 2 nitrogen and oxygen atoms in total. The lowest BCUT2D eigenvalue weighted by Crippen LogP contribution is -2.32. The van der Waals surface area contributed by atoms with E-state index in [1.165, 1.54) is 77.0 Å². The first-order chi connectivity index (χ1) is 9.42. The third-order valence-electron chi connectivity index (χ3n) is 5.65. The van der Waals surface area contributed by atoms with E-state index in [0.717, 1.165) is 11.8 Å². The van der Waals surface area contributed by atoms with E-state index in [4.69, 9.17) is 9.47 Å². The first-order valence-corrected chi connectivity index (χ1v) is 8.65. The Morgan fingerprint density at radius 3 is 2.11 bits per heavy atom. The Kier molecular flexibility index (Phi) is 5.17. The third kappa shape index (κ3) is 3.95. The first kappa shape index (κ1) is 13.9. The lowest BCUT2D eigenvalue weighted by molar-refractivity contribution is -0.139. The molecule has 0 bridgehead atoms. The fourth-order valence-electron chi connectivity index (χ4n) is 4.45. The van der Waals surface area contributed by atoms with Gasteiger partial charge in [-0.3, -0.25) is 0 Å². The van der Waals surface area contributed by atoms with E-state index in [1.807, 2.05) is 0 Å². The minimum Gasteiger partial charge on any atom is -0.352 e. The van der Waals surface area contributed by atoms with E-state index in [2.05, 4.69) is 0 Å². The van der Waals surface area contributed by atoms with E-state index in [0.29, 0.717) is 19.0 Å². The van der Waals surface area contributed by atoms with Gasteiger partial charge in [-0.25, -0.2) is 0 Å². The number of fused-ring (bicyclic) bond motifs is 1. The molecule has 3 aliphatic rings. The van der Waals surface area contributed by atoms with Crippen molar-refractivity contribution in [2.24, 2.45) is 11.8 Å². The molecule has 0 aromatic rings. The molecular weight excluding hydrogens is 236 g/mol. The minimum absolute atomic E-state index is 0.486. The Morgan fingerprint density at radius 1 is 0.579 bits per heavy atom. The number of rotatable bonds is 4. The molecule has 0 aromatic carbocycles. The lowest BCUT2D eigenvalue weighted by Gasteiger charge is -2.39. The molecule has 0 radical (unpaired) electrons. The van der Waals surface area contributed by atoms with Crippen molar-refractivity contribution in [2.45, 2.75) is 89.3 Å². The zero-order valence-electron chi connectivity index (χ0n) is 12.3. The van der Waals surface area contributed by atoms with Crippen LogP contribution in [0.2, 0.25) is 0 Å². The molecule has 0 heterocycles. The summed E-state index contributed by atoms with van der Waals surface area (Å²) in [5.41, 5.74) is 0. The van der Waals surface area contributed by atoms with Gasteiger partial charge in [0.05, 0.1) is 12.2 Å². The van der Waals surface area contributed by atoms with Gasteiger partial charge in [0.1, 0.15) is 6.79 Å². The fourth-order valence-corrected chi connectivity index (χ4v) is 4.45. The summed E-state index contributed by atoms with van der Waals surface area (Å²) in [4.78, 5) is 0. The molecule has 110 valence electrons. The molecule has 0 N–H and O–H groups in total. The molecule has 3 aliphatic carbocycles. The topological polar surface area (TPSA) is 18.5 Å². The largest absolute Gasteiger partial charge is 0.352 e. The van der Waals surface area contributed by atoms with Crippen LogP contribution in [0.25, 0.3) is 0 Å². The third-order valence-corrected chi connectivity index (χ3v) is 5.65. The van der Waals surface area contributed by atoms with E-state index in [9.17, 15) is 0 Å². The molecule has 3 fully saturated rings. The Balaban J connectivity index is 1.34. The predicted molar refractivity (Wildman–Crippen MR) is 77.0 cm³/mol. The van der Waals surface area contributed by atoms with E-state index in [-0.39, 0.29) is 0 Å². The van der Waals surface area contributed by atoms with Crippen molar-refractivity contribution in [3.63, 3.8) is 0 Å². The average molecular weight is 266 g/mol. The first-order valence-electron chi connectivity index (χ1n) is 8.65. The van der Waals surface area contributed by atoms with Crippen LogP contribution in [0, 0.1) is 11.8 Å². The van der Waals surface area contributed by atoms with Crippen molar-refractivity contribution in [3.8, 4) is 0 Å². The van der Waals surface area contributed by atoms with Crippen molar-refractivity contribution >= 4 is 0 Å². The SMILES string of the molecule is C1CCC(OCOC2CCC3CCCCC3C2)CC1. The molecule has 0 amide bonds. The molecule has 0 spiro atoms. The highest BCUT2D eigenvalue weighted by atomic mass is 16.7. The Labute approximate surface area is 118 Å². The predicted octanol–water partition coefficient (Wildman–Crippen LogP) is 4.67. The lowest BCUT2D eigenvalue weighted by atomic mass is 9.70. The quantitative estimate of drug-likeness (QED) is 0.688. The van der Waals surface area contributed by atoms with Crippen LogP contribution in [0.4, 0.5) is 0 Å². The van der Waals surface area contributed by atoms with Gasteiger partial charge in [0.25, 0.3) is 0 Å². The summed E-state index contributed by atoms with van der Waals surface area (Å²) >= 11 is 0. The zero-order chi connectivity index (χ0) is 12.9. The molecule has 0 saturated heterocycles. The van der Waals surface area contributed by atoms with Gasteiger partial charge in [-0.2, -0.15) is 0 Å². The maximum atomic E-state index is 6.01. The van der Waals surface area contributed by atoms with Crippen molar-refractivity contribution in [1.82, 2.24) is 0 Å². The zero-order valence-corrected chi connectivity index (χ0v) is 12.3. The maximum Gasteiger partial charge on any atom is 0.147 e. The highest BCUT2D eigenvalue weighted by molar-refractivity contribution is 4.83. The van der Waals surface area contributed by atoms with E-state index >= 15 is 0 Å². The van der Waals surface area contributed by atoms with Crippen molar-refractivity contribution in [3.05, 3.63) is 0 Å². The standard InChI is InChI=1S/C17H30O2/c1-2-8-16(9-3-1)18-13-19-17-11-10-14-6-4-5-7-15(14)12-17/h14-17H,1-13H2. The minimum atomic E-state index is 0.486. The number of hydrogen-bond donors (Lipinski definition) is 0. The summed E-state index contributed by atoms with van der Waals surface area (Å²) < 4.78 is 11.9. The molecule has 3 atom stereocenters. The molecule has 2 heteroatoms. The molecule has 0 aliphatic heterocycles. The summed E-state index contributed by atoms with van der Waals surface area (Å²) in [6.07, 6.45) is 17.4. The fraction of sp³-hybridized carbons (Fsp3) is 1.00. The van der Waals surface area contributed by atoms with Crippen molar-refractivity contribution < 1.29 is 9.47 Å². The van der Waals surface area contributed by atoms with Crippen LogP contribution in [0.3, 0.4) is 0 Å². The van der Waals surface area contributed by atoms with Crippen molar-refractivity contribution in [1.29, 1.82) is 0 Å². The molecular formula is C17H30O2. The summed E-state index contributed by atoms with van der Waals surface area (Å²) in [7, 11) is 0. The Morgan fingerprint density at radius 2 is 1.26 bits per heavy atom. The summed E-state index contributed by atoms with van der Waals surface area (Å²) in [6.45, 7) is 0.548. The van der Waals surface area contributed by atoms with Crippen LogP contribution in [0.1, 0.15) is 77.0 Å². The second-order valence-electron chi connectivity index (χ2n) is 6.95. The number of hydrogen-bond acceptors (Lipinski definition) is 2. The van der Waals surface area contributed by atoms with Crippen LogP contribution < -0.4 is 0 Å². The van der Waals surface area contributed by atoms with E-state index in [1.54, 1.807) is 0 Å². The summed E-state index contributed by atoms with van der Waals surface area (Å²) in [6, 6.07) is 0. The normalized spacial score (nSPS) is 36.9. The van der Waals surface area contributed by atoms with E-state index < -0.39 is 0 Å². The smallest absolute Gasteiger partial charge is 0.147 e. The average Bonchev–Trinajstić information content (AvgIpc) is 2.48. The van der Waals surface area contributed by atoms with Crippen LogP contribution in [0.5, 0.6) is 0 Å². The van der Waals surface area contributed by atoms with Gasteiger partial charge in [-0.05, 0) is 43.9 Å². The molecule has 0 aromatic heterocycles. The molecule has 3 rings (SSSR count). The summed E-state index contributed by atoms with van der Waals surface area (Å²) in [5.74, 6) is 1.98. The van der Waals surface area contributed by atoms with Crippen LogP contribution >= 0.6 is 0 Å². The van der Waals surface area contributed by atoms with Gasteiger partial charge < -0.3 is 9.47 Å². The van der Waals surface area contributed by atoms with Gasteiger partial charge in [0.15, 0.2) is 0 Å². The molecule has 3 saturated carbocycles. The molecule has 19 heavy (non-hydrogen) atoms. The van der Waals surface area contributed by atoms with Crippen LogP contribution in [0.15, 0.2) is 0 Å². The Hall–Kier alpha value is -0.0800. The monoisotopic (exact) mass is 266 g/mol. The second-order valence-corrected chi connectivity index (χ2v) is 6.95. The highest BCUT2D eigenvalue weighted by Crippen LogP contribution is 2.41. The Bertz CT molecular complexity index is 260. The van der Waals surface area contributed by atoms with Crippen molar-refractivity contribution in [2.75, 3.05) is 6.79 Å². The van der Waals surface area contributed by atoms with Gasteiger partial charge in [-0.1, -0.05) is 44.9 Å². The van der Waals surface area contributed by atoms with Gasteiger partial charge in [-0.15, -0.1) is 0 Å². The van der Waals surface area contributed by atoms with Crippen LogP contribution in [-0.2, 0) is 9.47 Å². The summed E-state index contributed by atoms with van der Waals surface area (Å²) in [5, 5.41) is 0. The van der Waals surface area contributed by atoms with Gasteiger partial charge >= 0.3 is 0 Å². The number of ether oxygens (including phenoxy) is 2. The highest BCUT2D eigenvalue weighted by Gasteiger charge is 2.32. The van der Waals surface area contributed by atoms with Gasteiger partial charge in [0.2, 0.25) is 0 Å². The van der Waals surface area contributed by atoms with Crippen LogP contribution in [-0.4, -0.2) is 19.0 Å².